The SMILES string of the molecule is O=C(COC(=O)Cc1ccc(O)cc1)Nc1ccc(Cl)cc1[N+](=O)[O-]. The molecule has 130 valence electrons. The lowest BCUT2D eigenvalue weighted by Crippen LogP contribution is -2.22. The second-order valence-corrected chi connectivity index (χ2v) is 5.41. The van der Waals surface area contributed by atoms with Crippen molar-refractivity contribution >= 4 is 34.9 Å². The van der Waals surface area contributed by atoms with E-state index >= 15 is 0 Å². The zero-order chi connectivity index (χ0) is 18.4. The monoisotopic (exact) mass is 364 g/mol. The summed E-state index contributed by atoms with van der Waals surface area (Å²) in [6.45, 7) is -0.587. The van der Waals surface area contributed by atoms with Crippen molar-refractivity contribution in [2.45, 2.75) is 6.42 Å². The Hall–Kier alpha value is -3.13. The highest BCUT2D eigenvalue weighted by atomic mass is 35.5. The number of carbonyl (C=O) groups is 2. The largest absolute Gasteiger partial charge is 0.508 e. The number of anilines is 1. The minimum absolute atomic E-state index is 0.0472. The van der Waals surface area contributed by atoms with E-state index in [-0.39, 0.29) is 28.6 Å². The summed E-state index contributed by atoms with van der Waals surface area (Å²) in [5.74, 6) is -1.29. The fraction of sp³-hybridized carbons (Fsp3) is 0.125. The number of phenolic OH excluding ortho intramolecular Hbond substituents is 1. The predicted octanol–water partition coefficient (Wildman–Crippen LogP) is 2.68. The van der Waals surface area contributed by atoms with Gasteiger partial charge >= 0.3 is 5.97 Å². The van der Waals surface area contributed by atoms with E-state index < -0.39 is 23.4 Å². The first-order valence-electron chi connectivity index (χ1n) is 7.02. The summed E-state index contributed by atoms with van der Waals surface area (Å²) in [4.78, 5) is 33.7. The molecule has 0 aliphatic heterocycles. The third-order valence-corrected chi connectivity index (χ3v) is 3.31. The van der Waals surface area contributed by atoms with Crippen LogP contribution in [0.1, 0.15) is 5.56 Å². The van der Waals surface area contributed by atoms with Gasteiger partial charge < -0.3 is 15.2 Å². The number of nitro benzene ring substituents is 1. The fourth-order valence-electron chi connectivity index (χ4n) is 1.93. The summed E-state index contributed by atoms with van der Waals surface area (Å²) in [5, 5.41) is 22.6. The Balaban J connectivity index is 1.89. The number of aromatic hydroxyl groups is 1. The maximum Gasteiger partial charge on any atom is 0.310 e. The number of amides is 1. The normalized spacial score (nSPS) is 10.1. The molecule has 0 atom stereocenters. The Morgan fingerprint density at radius 1 is 1.20 bits per heavy atom. The van der Waals surface area contributed by atoms with Gasteiger partial charge in [-0.15, -0.1) is 0 Å². The van der Waals surface area contributed by atoms with Crippen LogP contribution in [0.4, 0.5) is 11.4 Å². The molecule has 0 heterocycles. The third kappa shape index (κ3) is 5.47. The highest BCUT2D eigenvalue weighted by Crippen LogP contribution is 2.27. The molecule has 0 spiro atoms. The number of nitrogens with zero attached hydrogens (tertiary/aromatic N) is 1. The number of hydrogen-bond acceptors (Lipinski definition) is 6. The van der Waals surface area contributed by atoms with E-state index in [9.17, 15) is 19.7 Å². The van der Waals surface area contributed by atoms with Crippen molar-refractivity contribution in [2.24, 2.45) is 0 Å². The van der Waals surface area contributed by atoms with E-state index in [2.05, 4.69) is 5.32 Å². The number of halogens is 1. The molecule has 2 rings (SSSR count). The Kier molecular flexibility index (Phi) is 5.91. The number of nitrogens with one attached hydrogen (secondary N) is 1. The van der Waals surface area contributed by atoms with Gasteiger partial charge in [-0.2, -0.15) is 0 Å². The van der Waals surface area contributed by atoms with Crippen LogP contribution >= 0.6 is 11.6 Å². The van der Waals surface area contributed by atoms with E-state index in [4.69, 9.17) is 21.4 Å². The van der Waals surface area contributed by atoms with Crippen molar-refractivity contribution in [1.29, 1.82) is 0 Å². The lowest BCUT2D eigenvalue weighted by Gasteiger charge is -2.07. The van der Waals surface area contributed by atoms with E-state index in [0.29, 0.717) is 5.56 Å². The molecule has 8 nitrogen and oxygen atoms in total. The molecule has 2 aromatic rings. The molecule has 0 aliphatic rings. The summed E-state index contributed by atoms with van der Waals surface area (Å²) < 4.78 is 4.82. The molecule has 0 aliphatic carbocycles. The standard InChI is InChI=1S/C16H13ClN2O6/c17-11-3-6-13(14(8-11)19(23)24)18-15(21)9-25-16(22)7-10-1-4-12(20)5-2-10/h1-6,8,20H,7,9H2,(H,18,21). The molecule has 0 fully saturated rings. The van der Waals surface area contributed by atoms with Crippen LogP contribution in [-0.2, 0) is 20.7 Å². The van der Waals surface area contributed by atoms with E-state index in [1.807, 2.05) is 0 Å². The number of hydrogen-bond donors (Lipinski definition) is 2. The van der Waals surface area contributed by atoms with Crippen LogP contribution in [-0.4, -0.2) is 28.5 Å². The molecule has 0 unspecified atom stereocenters. The average Bonchev–Trinajstić information content (AvgIpc) is 2.56. The van der Waals surface area contributed by atoms with Gasteiger partial charge in [0.15, 0.2) is 6.61 Å². The number of ether oxygens (including phenoxy) is 1. The maximum absolute atomic E-state index is 11.8. The van der Waals surface area contributed by atoms with Crippen molar-refractivity contribution in [3.63, 3.8) is 0 Å². The molecular weight excluding hydrogens is 352 g/mol. The van der Waals surface area contributed by atoms with Crippen LogP contribution in [0.3, 0.4) is 0 Å². The zero-order valence-electron chi connectivity index (χ0n) is 12.8. The Morgan fingerprint density at radius 3 is 2.52 bits per heavy atom. The molecule has 25 heavy (non-hydrogen) atoms. The van der Waals surface area contributed by atoms with Crippen molar-refractivity contribution in [3.05, 3.63) is 63.2 Å². The van der Waals surface area contributed by atoms with Crippen LogP contribution in [0, 0.1) is 10.1 Å². The van der Waals surface area contributed by atoms with Crippen LogP contribution in [0.5, 0.6) is 5.75 Å². The topological polar surface area (TPSA) is 119 Å². The second kappa shape index (κ2) is 8.11. The molecule has 0 saturated carbocycles. The van der Waals surface area contributed by atoms with Crippen LogP contribution in [0.15, 0.2) is 42.5 Å². The van der Waals surface area contributed by atoms with Crippen molar-refractivity contribution in [1.82, 2.24) is 0 Å². The predicted molar refractivity (Wildman–Crippen MR) is 89.5 cm³/mol. The van der Waals surface area contributed by atoms with Crippen molar-refractivity contribution in [2.75, 3.05) is 11.9 Å². The smallest absolute Gasteiger partial charge is 0.310 e. The third-order valence-electron chi connectivity index (χ3n) is 3.08. The first-order valence-corrected chi connectivity index (χ1v) is 7.40. The lowest BCUT2D eigenvalue weighted by molar-refractivity contribution is -0.383. The number of benzene rings is 2. The van der Waals surface area contributed by atoms with Crippen LogP contribution < -0.4 is 5.32 Å². The van der Waals surface area contributed by atoms with Crippen LogP contribution in [0.25, 0.3) is 0 Å². The molecule has 2 N–H and O–H groups in total. The summed E-state index contributed by atoms with van der Waals surface area (Å²) in [6, 6.07) is 9.73. The number of nitro groups is 1. The van der Waals surface area contributed by atoms with Gasteiger partial charge in [-0.05, 0) is 29.8 Å². The van der Waals surface area contributed by atoms with E-state index in [1.165, 1.54) is 24.3 Å². The quantitative estimate of drug-likeness (QED) is 0.462. The Morgan fingerprint density at radius 2 is 1.88 bits per heavy atom. The second-order valence-electron chi connectivity index (χ2n) is 4.97. The molecule has 0 radical (unpaired) electrons. The first kappa shape index (κ1) is 18.2. The minimum atomic E-state index is -0.718. The van der Waals surface area contributed by atoms with Gasteiger partial charge in [-0.1, -0.05) is 23.7 Å². The van der Waals surface area contributed by atoms with Gasteiger partial charge in [0.25, 0.3) is 11.6 Å². The van der Waals surface area contributed by atoms with E-state index in [0.717, 1.165) is 6.07 Å². The van der Waals surface area contributed by atoms with Crippen LogP contribution in [0.2, 0.25) is 5.02 Å². The van der Waals surface area contributed by atoms with Gasteiger partial charge in [0, 0.05) is 11.1 Å². The maximum atomic E-state index is 11.8. The van der Waals surface area contributed by atoms with Crippen molar-refractivity contribution in [3.8, 4) is 5.75 Å². The van der Waals surface area contributed by atoms with Gasteiger partial charge in [0.05, 0.1) is 11.3 Å². The van der Waals surface area contributed by atoms with E-state index in [1.54, 1.807) is 12.1 Å². The minimum Gasteiger partial charge on any atom is -0.508 e. The summed E-state index contributed by atoms with van der Waals surface area (Å²) in [5.41, 5.74) is 0.196. The molecule has 9 heteroatoms. The Bertz CT molecular complexity index is 807. The highest BCUT2D eigenvalue weighted by Gasteiger charge is 2.17. The fourth-order valence-corrected chi connectivity index (χ4v) is 2.09. The summed E-state index contributed by atoms with van der Waals surface area (Å²) in [7, 11) is 0. The summed E-state index contributed by atoms with van der Waals surface area (Å²) in [6.07, 6.45) is -0.0747. The Labute approximate surface area is 147 Å². The average molecular weight is 365 g/mol. The molecule has 0 saturated heterocycles. The highest BCUT2D eigenvalue weighted by molar-refractivity contribution is 6.31. The molecule has 0 aromatic heterocycles. The van der Waals surface area contributed by atoms with Gasteiger partial charge in [-0.25, -0.2) is 0 Å². The van der Waals surface area contributed by atoms with Gasteiger partial charge in [0.2, 0.25) is 0 Å². The molecule has 2 aromatic carbocycles. The first-order chi connectivity index (χ1) is 11.8. The number of carbonyl (C=O) groups excluding carboxylic acids is 2. The molecule has 1 amide bonds. The molecular formula is C16H13ClN2O6. The lowest BCUT2D eigenvalue weighted by atomic mass is 10.1. The van der Waals surface area contributed by atoms with Gasteiger partial charge in [0.1, 0.15) is 11.4 Å². The molecule has 0 bridgehead atoms. The zero-order valence-corrected chi connectivity index (χ0v) is 13.5. The summed E-state index contributed by atoms with van der Waals surface area (Å²) >= 11 is 5.68. The number of phenols is 1. The number of rotatable bonds is 6. The van der Waals surface area contributed by atoms with Gasteiger partial charge in [-0.3, -0.25) is 19.7 Å². The van der Waals surface area contributed by atoms with Crippen molar-refractivity contribution < 1.29 is 24.4 Å². The number of esters is 1.